The minimum absolute atomic E-state index is 0.0789. The number of hydrogen-bond donors (Lipinski definition) is 1. The molecule has 1 aromatic carbocycles. The predicted molar refractivity (Wildman–Crippen MR) is 107 cm³/mol. The summed E-state index contributed by atoms with van der Waals surface area (Å²) in [6, 6.07) is 7.63. The van der Waals surface area contributed by atoms with Crippen LogP contribution in [-0.2, 0) is 4.79 Å². The lowest BCUT2D eigenvalue weighted by atomic mass is 10.1. The molecule has 0 saturated heterocycles. The number of benzene rings is 1. The van der Waals surface area contributed by atoms with Gasteiger partial charge in [0.15, 0.2) is 5.82 Å². The van der Waals surface area contributed by atoms with E-state index in [0.29, 0.717) is 24.7 Å². The van der Waals surface area contributed by atoms with Gasteiger partial charge in [-0.3, -0.25) is 19.6 Å². The van der Waals surface area contributed by atoms with E-state index in [0.717, 1.165) is 16.8 Å². The topological polar surface area (TPSA) is 82.8 Å². The summed E-state index contributed by atoms with van der Waals surface area (Å²) in [5, 5.41) is 7.43. The smallest absolute Gasteiger partial charge is 0.331 e. The van der Waals surface area contributed by atoms with E-state index >= 15 is 0 Å². The highest BCUT2D eigenvalue weighted by molar-refractivity contribution is 6.20. The van der Waals surface area contributed by atoms with Gasteiger partial charge in [-0.25, -0.2) is 9.48 Å². The molecule has 146 valence electrons. The van der Waals surface area contributed by atoms with Crippen molar-refractivity contribution in [1.29, 1.82) is 0 Å². The Morgan fingerprint density at radius 1 is 1.21 bits per heavy atom. The Balaban J connectivity index is 1.78. The molecule has 0 spiro atoms. The van der Waals surface area contributed by atoms with Crippen LogP contribution in [0, 0.1) is 6.92 Å². The van der Waals surface area contributed by atoms with Crippen LogP contribution < -0.4 is 10.2 Å². The fourth-order valence-electron chi connectivity index (χ4n) is 3.48. The lowest BCUT2D eigenvalue weighted by Gasteiger charge is -2.34. The number of amidine groups is 1. The normalized spacial score (nSPS) is 16.0. The number of carbonyl (C=O) groups is 2. The van der Waals surface area contributed by atoms with Gasteiger partial charge in [0.2, 0.25) is 5.91 Å². The molecular formula is C20H24N6O2. The fraction of sp³-hybridized carbons (Fsp3) is 0.400. The van der Waals surface area contributed by atoms with Crippen molar-refractivity contribution < 1.29 is 9.59 Å². The van der Waals surface area contributed by atoms with Crippen molar-refractivity contribution in [2.24, 2.45) is 4.99 Å². The zero-order valence-corrected chi connectivity index (χ0v) is 16.6. The third-order valence-electron chi connectivity index (χ3n) is 4.64. The van der Waals surface area contributed by atoms with Gasteiger partial charge in [0.05, 0.1) is 24.0 Å². The Labute approximate surface area is 163 Å². The number of hydrogen-bond acceptors (Lipinski definition) is 4. The van der Waals surface area contributed by atoms with Gasteiger partial charge in [-0.05, 0) is 39.8 Å². The van der Waals surface area contributed by atoms with E-state index in [1.54, 1.807) is 15.8 Å². The second-order valence-corrected chi connectivity index (χ2v) is 8.15. The van der Waals surface area contributed by atoms with Crippen molar-refractivity contribution in [3.8, 4) is 5.69 Å². The average Bonchev–Trinajstić information content (AvgIpc) is 3.24. The van der Waals surface area contributed by atoms with Gasteiger partial charge < -0.3 is 5.32 Å². The first kappa shape index (κ1) is 18.2. The van der Waals surface area contributed by atoms with E-state index in [1.807, 2.05) is 52.0 Å². The van der Waals surface area contributed by atoms with Crippen LogP contribution in [0.5, 0.6) is 0 Å². The molecule has 0 atom stereocenters. The number of amides is 3. The molecule has 2 aliphatic rings. The van der Waals surface area contributed by atoms with Crippen LogP contribution in [0.25, 0.3) is 5.69 Å². The van der Waals surface area contributed by atoms with E-state index in [9.17, 15) is 9.59 Å². The summed E-state index contributed by atoms with van der Waals surface area (Å²) < 4.78 is 1.70. The molecule has 2 aromatic rings. The molecule has 3 amide bonds. The molecule has 0 radical (unpaired) electrons. The molecule has 4 rings (SSSR count). The molecule has 0 bridgehead atoms. The van der Waals surface area contributed by atoms with Crippen LogP contribution in [0.3, 0.4) is 0 Å². The number of fused-ring (bicyclic) bond motifs is 3. The number of aliphatic imine (C=N–C) groups is 1. The van der Waals surface area contributed by atoms with Crippen molar-refractivity contribution in [2.75, 3.05) is 24.5 Å². The zero-order valence-electron chi connectivity index (χ0n) is 16.6. The lowest BCUT2D eigenvalue weighted by molar-refractivity contribution is -0.121. The second kappa shape index (κ2) is 6.47. The van der Waals surface area contributed by atoms with E-state index < -0.39 is 0 Å². The highest BCUT2D eigenvalue weighted by atomic mass is 16.2. The van der Waals surface area contributed by atoms with Gasteiger partial charge in [0.25, 0.3) is 0 Å². The van der Waals surface area contributed by atoms with Gasteiger partial charge in [-0.1, -0.05) is 17.7 Å². The largest absolute Gasteiger partial charge is 0.350 e. The monoisotopic (exact) mass is 380 g/mol. The van der Waals surface area contributed by atoms with Crippen molar-refractivity contribution >= 4 is 23.6 Å². The maximum Gasteiger partial charge on any atom is 0.331 e. The fourth-order valence-corrected chi connectivity index (χ4v) is 3.48. The Morgan fingerprint density at radius 3 is 2.61 bits per heavy atom. The minimum Gasteiger partial charge on any atom is -0.350 e. The lowest BCUT2D eigenvalue weighted by Crippen LogP contribution is -2.54. The van der Waals surface area contributed by atoms with E-state index in [4.69, 9.17) is 0 Å². The SMILES string of the molecule is Cc1ccc(-n2ncc3c2N(CC(=O)NC(C)(C)C)C(=O)N2CCN=C32)cc1. The number of aromatic nitrogens is 2. The second-order valence-electron chi connectivity index (χ2n) is 8.15. The summed E-state index contributed by atoms with van der Waals surface area (Å²) in [5.41, 5.74) is 2.35. The third kappa shape index (κ3) is 3.15. The van der Waals surface area contributed by atoms with Crippen LogP contribution in [0.4, 0.5) is 10.6 Å². The first-order chi connectivity index (χ1) is 13.2. The number of aryl methyl sites for hydroxylation is 1. The number of nitrogens with zero attached hydrogens (tertiary/aromatic N) is 5. The maximum atomic E-state index is 13.2. The van der Waals surface area contributed by atoms with Gasteiger partial charge >= 0.3 is 6.03 Å². The molecular weight excluding hydrogens is 356 g/mol. The number of urea groups is 1. The highest BCUT2D eigenvalue weighted by Crippen LogP contribution is 2.32. The maximum absolute atomic E-state index is 13.2. The highest BCUT2D eigenvalue weighted by Gasteiger charge is 2.41. The molecule has 3 heterocycles. The summed E-state index contributed by atoms with van der Waals surface area (Å²) >= 11 is 0. The molecule has 0 fully saturated rings. The molecule has 0 saturated carbocycles. The van der Waals surface area contributed by atoms with Crippen LogP contribution in [-0.4, -0.2) is 57.6 Å². The predicted octanol–water partition coefficient (Wildman–Crippen LogP) is 2.10. The average molecular weight is 380 g/mol. The number of rotatable bonds is 3. The van der Waals surface area contributed by atoms with Crippen LogP contribution in [0.15, 0.2) is 35.5 Å². The zero-order chi connectivity index (χ0) is 20.1. The third-order valence-corrected chi connectivity index (χ3v) is 4.64. The molecule has 2 aliphatic heterocycles. The Hall–Kier alpha value is -3.16. The van der Waals surface area contributed by atoms with Gasteiger partial charge in [-0.15, -0.1) is 0 Å². The van der Waals surface area contributed by atoms with Crippen molar-refractivity contribution in [3.05, 3.63) is 41.6 Å². The van der Waals surface area contributed by atoms with Crippen LogP contribution >= 0.6 is 0 Å². The summed E-state index contributed by atoms with van der Waals surface area (Å²) in [6.07, 6.45) is 1.72. The Morgan fingerprint density at radius 2 is 1.93 bits per heavy atom. The molecule has 0 unspecified atom stereocenters. The van der Waals surface area contributed by atoms with Crippen LogP contribution in [0.2, 0.25) is 0 Å². The van der Waals surface area contributed by atoms with Crippen LogP contribution in [0.1, 0.15) is 31.9 Å². The van der Waals surface area contributed by atoms with Crippen molar-refractivity contribution in [2.45, 2.75) is 33.2 Å². The van der Waals surface area contributed by atoms with Crippen molar-refractivity contribution in [3.63, 3.8) is 0 Å². The Kier molecular flexibility index (Phi) is 4.21. The quantitative estimate of drug-likeness (QED) is 0.885. The molecule has 1 aromatic heterocycles. The van der Waals surface area contributed by atoms with Gasteiger partial charge in [-0.2, -0.15) is 5.10 Å². The summed E-state index contributed by atoms with van der Waals surface area (Å²) in [6.45, 7) is 8.74. The number of carbonyl (C=O) groups excluding carboxylic acids is 2. The Bertz CT molecular complexity index is 968. The first-order valence-corrected chi connectivity index (χ1v) is 9.34. The first-order valence-electron chi connectivity index (χ1n) is 9.34. The molecule has 1 N–H and O–H groups in total. The van der Waals surface area contributed by atoms with Gasteiger partial charge in [0.1, 0.15) is 12.4 Å². The van der Waals surface area contributed by atoms with Crippen molar-refractivity contribution in [1.82, 2.24) is 20.0 Å². The molecule has 28 heavy (non-hydrogen) atoms. The van der Waals surface area contributed by atoms with E-state index in [2.05, 4.69) is 15.4 Å². The number of anilines is 1. The number of nitrogens with one attached hydrogen (secondary N) is 1. The van der Waals surface area contributed by atoms with E-state index in [1.165, 1.54) is 4.90 Å². The summed E-state index contributed by atoms with van der Waals surface area (Å²) in [5.74, 6) is 0.990. The minimum atomic E-state index is -0.379. The molecule has 0 aliphatic carbocycles. The van der Waals surface area contributed by atoms with E-state index in [-0.39, 0.29) is 24.0 Å². The molecule has 8 heteroatoms. The summed E-state index contributed by atoms with van der Waals surface area (Å²) in [7, 11) is 0. The molecule has 8 nitrogen and oxygen atoms in total. The summed E-state index contributed by atoms with van der Waals surface area (Å²) in [4.78, 5) is 33.4. The van der Waals surface area contributed by atoms with Gasteiger partial charge in [0, 0.05) is 12.1 Å². The standard InChI is InChI=1S/C20H24N6O2/c1-13-5-7-14(8-6-13)26-18-15(11-22-26)17-21-9-10-24(17)19(28)25(18)12-16(27)23-20(2,3)4/h5-8,11H,9-10,12H2,1-4H3,(H,23,27).